The van der Waals surface area contributed by atoms with Gasteiger partial charge in [0.25, 0.3) is 0 Å². The Balaban J connectivity index is 0.00000132. The van der Waals surface area contributed by atoms with Gasteiger partial charge in [0.15, 0.2) is 0 Å². The van der Waals surface area contributed by atoms with Crippen molar-refractivity contribution in [1.29, 1.82) is 0 Å². The number of hydrogen-bond acceptors (Lipinski definition) is 8. The molecule has 0 spiro atoms. The molecule has 0 aliphatic heterocycles. The molecule has 2 aromatic carbocycles. The summed E-state index contributed by atoms with van der Waals surface area (Å²) in [6.45, 7) is 0. The number of carbonyl (C=O) groups is 2. The van der Waals surface area contributed by atoms with Gasteiger partial charge in [-0.05, 0) is 24.3 Å². The molecule has 0 aromatic heterocycles. The van der Waals surface area contributed by atoms with Crippen LogP contribution >= 0.6 is 0 Å². The van der Waals surface area contributed by atoms with Crippen LogP contribution in [0.5, 0.6) is 11.5 Å². The van der Waals surface area contributed by atoms with Gasteiger partial charge in [0.2, 0.25) is 0 Å². The maximum Gasteiger partial charge on any atom is 0.414 e. The van der Waals surface area contributed by atoms with Crippen LogP contribution in [0.1, 0.15) is 11.1 Å². The molecule has 0 aliphatic rings. The molecule has 0 fully saturated rings. The third kappa shape index (κ3) is 11.0. The van der Waals surface area contributed by atoms with E-state index in [1.807, 2.05) is 24.3 Å². The summed E-state index contributed by atoms with van der Waals surface area (Å²) in [5, 5.41) is 0. The number of benzene rings is 2. The average molecular weight is 555 g/mol. The largest absolute Gasteiger partial charge is 0.759 e. The lowest BCUT2D eigenvalue weighted by Gasteiger charge is -2.27. The molecule has 0 unspecified atom stereocenters. The third-order valence-corrected chi connectivity index (χ3v) is 5.12. The Bertz CT molecular complexity index is 1240. The maximum absolute atomic E-state index is 12.3. The summed E-state index contributed by atoms with van der Waals surface area (Å²) < 4.78 is 46.4. The molecule has 12 nitrogen and oxygen atoms in total. The Morgan fingerprint density at radius 2 is 1.24 bits per heavy atom. The Kier molecular flexibility index (Phi) is 10.8. The summed E-state index contributed by atoms with van der Waals surface area (Å²) in [7, 11) is 13.8. The van der Waals surface area contributed by atoms with E-state index in [1.54, 1.807) is 34.3 Å². The van der Waals surface area contributed by atoms with E-state index in [1.165, 1.54) is 9.80 Å². The molecule has 13 heteroatoms. The first-order valence-corrected chi connectivity index (χ1v) is 12.8. The quantitative estimate of drug-likeness (QED) is 0.301. The molecule has 0 saturated heterocycles. The van der Waals surface area contributed by atoms with Gasteiger partial charge in [0.05, 0.1) is 42.3 Å². The van der Waals surface area contributed by atoms with Crippen molar-refractivity contribution in [3.63, 3.8) is 0 Å². The van der Waals surface area contributed by atoms with Crippen LogP contribution in [-0.2, 0) is 16.8 Å². The molecule has 38 heavy (non-hydrogen) atoms. The zero-order chi connectivity index (χ0) is 29.6. The van der Waals surface area contributed by atoms with Gasteiger partial charge in [-0.1, -0.05) is 0 Å². The van der Waals surface area contributed by atoms with Crippen LogP contribution in [0.25, 0.3) is 0 Å². The fraction of sp³-hybridized carbons (Fsp3) is 0.440. The van der Waals surface area contributed by atoms with E-state index in [9.17, 15) is 9.59 Å². The predicted molar refractivity (Wildman–Crippen MR) is 145 cm³/mol. The summed E-state index contributed by atoms with van der Waals surface area (Å²) >= 11 is 0. The van der Waals surface area contributed by atoms with Crippen LogP contribution in [0, 0.1) is 0 Å². The molecule has 2 amide bonds. The fourth-order valence-corrected chi connectivity index (χ4v) is 3.17. The number of rotatable bonds is 6. The zero-order valence-electron chi connectivity index (χ0n) is 23.6. The first-order valence-electron chi connectivity index (χ1n) is 11.4. The number of ether oxygens (including phenoxy) is 2. The Morgan fingerprint density at radius 3 is 1.68 bits per heavy atom. The number of quaternary nitrogens is 2. The predicted octanol–water partition coefficient (Wildman–Crippen LogP) is 2.45. The van der Waals surface area contributed by atoms with E-state index < -0.39 is 22.6 Å². The minimum absolute atomic E-state index is 0.424. The van der Waals surface area contributed by atoms with E-state index in [-0.39, 0.29) is 0 Å². The van der Waals surface area contributed by atoms with Gasteiger partial charge in [-0.2, -0.15) is 0 Å². The Hall–Kier alpha value is -3.23. The standard InChI is InChI=1S/C25H38N4O4.H2O4S/c1-26(2)24(30)32-21-14-12-18(22(17-21)29(8,9)10)15-19-11-13-20(28(5,6)7)16-23(19)33-25(31)27(3)4;1-5(2,3)4/h11-14,16-17H,15H2,1-10H3;(H2,1,2,3,4)/q+2;/p-2. The molecule has 0 atom stereocenters. The lowest BCUT2D eigenvalue weighted by molar-refractivity contribution is 0.171. The number of amides is 2. The summed E-state index contributed by atoms with van der Waals surface area (Å²) in [6.07, 6.45) is -0.295. The lowest BCUT2D eigenvalue weighted by Crippen LogP contribution is -2.36. The van der Waals surface area contributed by atoms with Crippen molar-refractivity contribution < 1.29 is 36.6 Å². The summed E-state index contributed by atoms with van der Waals surface area (Å²) in [4.78, 5) is 27.2. The smallest absolute Gasteiger partial charge is 0.414 e. The molecule has 0 N–H and O–H groups in total. The summed E-state index contributed by atoms with van der Waals surface area (Å²) in [5.74, 6) is 1.02. The van der Waals surface area contributed by atoms with Gasteiger partial charge in [-0.25, -0.2) is 9.59 Å². The SMILES string of the molecule is CN(C)C(=O)Oc1ccc(Cc2ccc([N+](C)(C)C)cc2OC(=O)N(C)C)c([N+](C)(C)C)c1.O=S(=O)([O-])[O-]. The van der Waals surface area contributed by atoms with Gasteiger partial charge in [-0.15, -0.1) is 0 Å². The number of hydrogen-bond donors (Lipinski definition) is 0. The molecule has 0 heterocycles. The normalized spacial score (nSPS) is 11.7. The topological polar surface area (TPSA) is 139 Å². The van der Waals surface area contributed by atoms with Crippen LogP contribution in [-0.4, -0.2) is 110 Å². The van der Waals surface area contributed by atoms with E-state index in [2.05, 4.69) is 48.4 Å². The maximum atomic E-state index is 12.3. The van der Waals surface area contributed by atoms with Crippen LogP contribution in [0.15, 0.2) is 36.4 Å². The summed E-state index contributed by atoms with van der Waals surface area (Å²) in [6, 6.07) is 11.6. The highest BCUT2D eigenvalue weighted by Gasteiger charge is 2.23. The van der Waals surface area contributed by atoms with Crippen LogP contribution in [0.4, 0.5) is 21.0 Å². The van der Waals surface area contributed by atoms with Gasteiger partial charge < -0.3 is 28.4 Å². The molecule has 2 rings (SSSR count). The van der Waals surface area contributed by atoms with E-state index in [0.717, 1.165) is 22.5 Å². The highest BCUT2D eigenvalue weighted by Crippen LogP contribution is 2.34. The highest BCUT2D eigenvalue weighted by molar-refractivity contribution is 7.79. The van der Waals surface area contributed by atoms with Crippen molar-refractivity contribution >= 4 is 34.0 Å². The molecule has 2 aromatic rings. The first-order chi connectivity index (χ1) is 17.1. The highest BCUT2D eigenvalue weighted by atomic mass is 32.3. The van der Waals surface area contributed by atoms with Crippen molar-refractivity contribution in [2.75, 3.05) is 70.5 Å². The molecule has 0 radical (unpaired) electrons. The lowest BCUT2D eigenvalue weighted by atomic mass is 10.00. The summed E-state index contributed by atoms with van der Waals surface area (Å²) in [5.41, 5.74) is 3.97. The Labute approximate surface area is 225 Å². The zero-order valence-corrected chi connectivity index (χ0v) is 24.5. The van der Waals surface area contributed by atoms with E-state index in [4.69, 9.17) is 27.0 Å². The van der Waals surface area contributed by atoms with E-state index >= 15 is 0 Å². The van der Waals surface area contributed by atoms with Gasteiger partial charge in [0, 0.05) is 68.3 Å². The minimum atomic E-state index is -5.17. The first kappa shape index (κ1) is 32.8. The Morgan fingerprint density at radius 1 is 0.763 bits per heavy atom. The van der Waals surface area contributed by atoms with Crippen LogP contribution < -0.4 is 18.4 Å². The third-order valence-electron chi connectivity index (χ3n) is 5.12. The van der Waals surface area contributed by atoms with Crippen molar-refractivity contribution in [3.05, 3.63) is 47.5 Å². The van der Waals surface area contributed by atoms with Crippen LogP contribution in [0.3, 0.4) is 0 Å². The van der Waals surface area contributed by atoms with Gasteiger partial charge >= 0.3 is 12.2 Å². The number of nitrogens with zero attached hydrogens (tertiary/aromatic N) is 4. The van der Waals surface area contributed by atoms with Gasteiger partial charge in [0.1, 0.15) is 22.9 Å². The van der Waals surface area contributed by atoms with Gasteiger partial charge in [-0.3, -0.25) is 17.4 Å². The van der Waals surface area contributed by atoms with E-state index in [0.29, 0.717) is 26.9 Å². The molecule has 212 valence electrons. The fourth-order valence-electron chi connectivity index (χ4n) is 3.17. The molecular weight excluding hydrogens is 516 g/mol. The van der Waals surface area contributed by atoms with Crippen LogP contribution in [0.2, 0.25) is 0 Å². The van der Waals surface area contributed by atoms with Crippen molar-refractivity contribution in [3.8, 4) is 11.5 Å². The molecule has 0 aliphatic carbocycles. The molecular formula is C25H38N4O8S. The molecule has 0 saturated carbocycles. The van der Waals surface area contributed by atoms with Crippen molar-refractivity contribution in [2.45, 2.75) is 6.42 Å². The van der Waals surface area contributed by atoms with Crippen molar-refractivity contribution in [2.24, 2.45) is 0 Å². The van der Waals surface area contributed by atoms with Crippen molar-refractivity contribution in [1.82, 2.24) is 18.8 Å². The second-order valence-corrected chi connectivity index (χ2v) is 11.5. The number of carbonyl (C=O) groups excluding carboxylic acids is 2. The minimum Gasteiger partial charge on any atom is -0.759 e. The monoisotopic (exact) mass is 554 g/mol. The molecule has 0 bridgehead atoms. The second-order valence-electron chi connectivity index (χ2n) is 10.7. The second kappa shape index (κ2) is 12.5. The average Bonchev–Trinajstić information content (AvgIpc) is 2.73.